The average Bonchev–Trinajstić information content (AvgIpc) is 2.57. The van der Waals surface area contributed by atoms with Crippen molar-refractivity contribution in [2.24, 2.45) is 0 Å². The van der Waals surface area contributed by atoms with Gasteiger partial charge in [-0.15, -0.1) is 12.3 Å². The fraction of sp³-hybridized carbons (Fsp3) is 0.250. The standard InChI is InChI=1S/C8H10N4O/c1-2-3-4-9-8(13)12-7-5-10-11-6-7/h1,5-6H,3-4H2,(H,10,11)(H2,9,12,13). The number of aromatic amines is 1. The summed E-state index contributed by atoms with van der Waals surface area (Å²) < 4.78 is 0. The van der Waals surface area contributed by atoms with E-state index in [4.69, 9.17) is 6.42 Å². The molecule has 0 aromatic carbocycles. The van der Waals surface area contributed by atoms with Crippen LogP contribution < -0.4 is 10.6 Å². The predicted molar refractivity (Wildman–Crippen MR) is 49.1 cm³/mol. The highest BCUT2D eigenvalue weighted by Gasteiger charge is 1.99. The summed E-state index contributed by atoms with van der Waals surface area (Å²) in [6, 6.07) is -0.281. The topological polar surface area (TPSA) is 69.8 Å². The molecule has 5 nitrogen and oxygen atoms in total. The number of carbonyl (C=O) groups excluding carboxylic acids is 1. The van der Waals surface area contributed by atoms with Crippen LogP contribution in [-0.2, 0) is 0 Å². The minimum Gasteiger partial charge on any atom is -0.337 e. The summed E-state index contributed by atoms with van der Waals surface area (Å²) in [6.45, 7) is 0.472. The highest BCUT2D eigenvalue weighted by atomic mass is 16.2. The van der Waals surface area contributed by atoms with Crippen LogP contribution in [0.3, 0.4) is 0 Å². The summed E-state index contributed by atoms with van der Waals surface area (Å²) in [4.78, 5) is 11.1. The first-order valence-electron chi connectivity index (χ1n) is 3.80. The lowest BCUT2D eigenvalue weighted by atomic mass is 10.4. The summed E-state index contributed by atoms with van der Waals surface area (Å²) in [5, 5.41) is 11.4. The highest BCUT2D eigenvalue weighted by Crippen LogP contribution is 1.99. The first-order chi connectivity index (χ1) is 6.33. The van der Waals surface area contributed by atoms with Gasteiger partial charge in [0.25, 0.3) is 0 Å². The summed E-state index contributed by atoms with van der Waals surface area (Å²) in [5.41, 5.74) is 0.623. The Labute approximate surface area is 75.9 Å². The number of nitrogens with zero attached hydrogens (tertiary/aromatic N) is 1. The molecule has 0 atom stereocenters. The van der Waals surface area contributed by atoms with Crippen LogP contribution in [0.5, 0.6) is 0 Å². The number of nitrogens with one attached hydrogen (secondary N) is 3. The van der Waals surface area contributed by atoms with Crippen LogP contribution in [0.4, 0.5) is 10.5 Å². The summed E-state index contributed by atoms with van der Waals surface area (Å²) in [5.74, 6) is 2.42. The first-order valence-corrected chi connectivity index (χ1v) is 3.80. The lowest BCUT2D eigenvalue weighted by Gasteiger charge is -2.02. The molecule has 0 spiro atoms. The second kappa shape index (κ2) is 4.83. The van der Waals surface area contributed by atoms with Crippen molar-refractivity contribution in [3.8, 4) is 12.3 Å². The fourth-order valence-corrected chi connectivity index (χ4v) is 0.743. The van der Waals surface area contributed by atoms with Gasteiger partial charge >= 0.3 is 6.03 Å². The number of anilines is 1. The molecule has 0 fully saturated rings. The van der Waals surface area contributed by atoms with Gasteiger partial charge in [-0.3, -0.25) is 5.10 Å². The number of amides is 2. The van der Waals surface area contributed by atoms with Crippen molar-refractivity contribution in [1.29, 1.82) is 0 Å². The van der Waals surface area contributed by atoms with E-state index in [2.05, 4.69) is 26.8 Å². The van der Waals surface area contributed by atoms with E-state index in [9.17, 15) is 4.79 Å². The largest absolute Gasteiger partial charge is 0.337 e. The summed E-state index contributed by atoms with van der Waals surface area (Å²) in [7, 11) is 0. The number of terminal acetylenes is 1. The van der Waals surface area contributed by atoms with Crippen LogP contribution >= 0.6 is 0 Å². The van der Waals surface area contributed by atoms with Gasteiger partial charge < -0.3 is 10.6 Å². The molecule has 0 aliphatic carbocycles. The number of hydrogen-bond acceptors (Lipinski definition) is 2. The van der Waals surface area contributed by atoms with E-state index < -0.39 is 0 Å². The lowest BCUT2D eigenvalue weighted by Crippen LogP contribution is -2.29. The minimum atomic E-state index is -0.281. The van der Waals surface area contributed by atoms with Gasteiger partial charge in [0.2, 0.25) is 0 Å². The fourth-order valence-electron chi connectivity index (χ4n) is 0.743. The molecule has 1 heterocycles. The maximum atomic E-state index is 11.1. The number of carbonyl (C=O) groups is 1. The van der Waals surface area contributed by atoms with Gasteiger partial charge in [0.1, 0.15) is 0 Å². The van der Waals surface area contributed by atoms with E-state index in [-0.39, 0.29) is 6.03 Å². The Kier molecular flexibility index (Phi) is 3.39. The monoisotopic (exact) mass is 178 g/mol. The average molecular weight is 178 g/mol. The summed E-state index contributed by atoms with van der Waals surface area (Å²) in [6.07, 6.45) is 8.64. The zero-order chi connectivity index (χ0) is 9.52. The number of hydrogen-bond donors (Lipinski definition) is 3. The third-order valence-electron chi connectivity index (χ3n) is 1.31. The van der Waals surface area contributed by atoms with Crippen LogP contribution in [0.1, 0.15) is 6.42 Å². The van der Waals surface area contributed by atoms with Crippen molar-refractivity contribution in [1.82, 2.24) is 15.5 Å². The van der Waals surface area contributed by atoms with E-state index in [1.807, 2.05) is 0 Å². The molecule has 0 bridgehead atoms. The van der Waals surface area contributed by atoms with E-state index in [1.165, 1.54) is 6.20 Å². The first kappa shape index (κ1) is 9.13. The maximum absolute atomic E-state index is 11.1. The molecule has 0 unspecified atom stereocenters. The zero-order valence-electron chi connectivity index (χ0n) is 7.00. The molecule has 0 saturated heterocycles. The minimum absolute atomic E-state index is 0.281. The van der Waals surface area contributed by atoms with E-state index in [0.29, 0.717) is 18.7 Å². The Bertz CT molecular complexity index is 298. The molecule has 0 aliphatic rings. The maximum Gasteiger partial charge on any atom is 0.319 e. The van der Waals surface area contributed by atoms with Crippen LogP contribution in [0, 0.1) is 12.3 Å². The van der Waals surface area contributed by atoms with Gasteiger partial charge in [-0.25, -0.2) is 4.79 Å². The highest BCUT2D eigenvalue weighted by molar-refractivity contribution is 5.88. The Morgan fingerprint density at radius 2 is 2.62 bits per heavy atom. The van der Waals surface area contributed by atoms with Crippen LogP contribution in [-0.4, -0.2) is 22.8 Å². The van der Waals surface area contributed by atoms with Crippen molar-refractivity contribution in [3.05, 3.63) is 12.4 Å². The predicted octanol–water partition coefficient (Wildman–Crippen LogP) is 0.554. The van der Waals surface area contributed by atoms with Crippen LogP contribution in [0.25, 0.3) is 0 Å². The smallest absolute Gasteiger partial charge is 0.319 e. The van der Waals surface area contributed by atoms with Crippen molar-refractivity contribution >= 4 is 11.7 Å². The number of rotatable bonds is 3. The molecule has 0 aliphatic heterocycles. The van der Waals surface area contributed by atoms with Gasteiger partial charge in [0.05, 0.1) is 11.9 Å². The molecule has 0 saturated carbocycles. The van der Waals surface area contributed by atoms with Gasteiger partial charge in [0.15, 0.2) is 0 Å². The second-order valence-electron chi connectivity index (χ2n) is 2.32. The van der Waals surface area contributed by atoms with Gasteiger partial charge in [-0.05, 0) is 0 Å². The Hall–Kier alpha value is -1.96. The van der Waals surface area contributed by atoms with E-state index in [0.717, 1.165) is 0 Å². The van der Waals surface area contributed by atoms with Crippen LogP contribution in [0.2, 0.25) is 0 Å². The van der Waals surface area contributed by atoms with Crippen LogP contribution in [0.15, 0.2) is 12.4 Å². The van der Waals surface area contributed by atoms with E-state index in [1.54, 1.807) is 6.20 Å². The molecule has 1 rings (SSSR count). The number of urea groups is 1. The molecule has 0 radical (unpaired) electrons. The van der Waals surface area contributed by atoms with Gasteiger partial charge in [0, 0.05) is 19.2 Å². The number of H-pyrrole nitrogens is 1. The molecule has 3 N–H and O–H groups in total. The lowest BCUT2D eigenvalue weighted by molar-refractivity contribution is 0.252. The third-order valence-corrected chi connectivity index (χ3v) is 1.31. The van der Waals surface area contributed by atoms with Gasteiger partial charge in [-0.1, -0.05) is 0 Å². The molecule has 13 heavy (non-hydrogen) atoms. The molecule has 68 valence electrons. The Balaban J connectivity index is 2.23. The molecule has 5 heteroatoms. The molecular weight excluding hydrogens is 168 g/mol. The Morgan fingerprint density at radius 1 is 1.77 bits per heavy atom. The van der Waals surface area contributed by atoms with Gasteiger partial charge in [-0.2, -0.15) is 5.10 Å². The normalized spacial score (nSPS) is 8.85. The van der Waals surface area contributed by atoms with Crippen molar-refractivity contribution in [2.45, 2.75) is 6.42 Å². The molecule has 1 aromatic heterocycles. The molecule has 2 amide bonds. The number of aromatic nitrogens is 2. The molecular formula is C8H10N4O. The quantitative estimate of drug-likeness (QED) is 0.467. The van der Waals surface area contributed by atoms with E-state index >= 15 is 0 Å². The Morgan fingerprint density at radius 3 is 3.23 bits per heavy atom. The third kappa shape index (κ3) is 3.29. The summed E-state index contributed by atoms with van der Waals surface area (Å²) >= 11 is 0. The second-order valence-corrected chi connectivity index (χ2v) is 2.32. The van der Waals surface area contributed by atoms with Crippen molar-refractivity contribution in [2.75, 3.05) is 11.9 Å². The SMILES string of the molecule is C#CCCNC(=O)Nc1cn[nH]c1. The van der Waals surface area contributed by atoms with Crippen molar-refractivity contribution < 1.29 is 4.79 Å². The van der Waals surface area contributed by atoms with Crippen molar-refractivity contribution in [3.63, 3.8) is 0 Å². The zero-order valence-corrected chi connectivity index (χ0v) is 7.00. The molecule has 1 aromatic rings.